The van der Waals surface area contributed by atoms with Crippen molar-refractivity contribution in [3.05, 3.63) is 24.0 Å². The quantitative estimate of drug-likeness (QED) is 0.811. The predicted molar refractivity (Wildman–Crippen MR) is 50.8 cm³/mol. The number of rotatable bonds is 4. The fourth-order valence-electron chi connectivity index (χ4n) is 0.939. The van der Waals surface area contributed by atoms with Gasteiger partial charge in [-0.2, -0.15) is 8.78 Å². The summed E-state index contributed by atoms with van der Waals surface area (Å²) in [6.45, 7) is 0. The van der Waals surface area contributed by atoms with Crippen LogP contribution in [0.5, 0.6) is 0 Å². The molecule has 5 nitrogen and oxygen atoms in total. The molecule has 0 saturated carbocycles. The molecule has 0 aliphatic rings. The van der Waals surface area contributed by atoms with Crippen molar-refractivity contribution < 1.29 is 32.3 Å². The largest absolute Gasteiger partial charge is 0.478 e. The Morgan fingerprint density at radius 2 is 1.94 bits per heavy atom. The van der Waals surface area contributed by atoms with E-state index in [9.17, 15) is 27.2 Å². The van der Waals surface area contributed by atoms with E-state index >= 15 is 0 Å². The van der Waals surface area contributed by atoms with E-state index in [0.29, 0.717) is 0 Å². The number of carbonyl (C=O) groups is 2. The molecule has 0 radical (unpaired) electrons. The number of hydrogen-bond donors (Lipinski definition) is 2. The number of pyridine rings is 1. The van der Waals surface area contributed by atoms with Crippen LogP contribution < -0.4 is 5.32 Å². The summed E-state index contributed by atoms with van der Waals surface area (Å²) in [5.74, 6) is -8.50. The van der Waals surface area contributed by atoms with Crippen LogP contribution in [-0.2, 0) is 4.79 Å². The van der Waals surface area contributed by atoms with Gasteiger partial charge in [0.25, 0.3) is 0 Å². The van der Waals surface area contributed by atoms with Gasteiger partial charge < -0.3 is 10.4 Å². The number of alkyl halides is 4. The van der Waals surface area contributed by atoms with Crippen molar-refractivity contribution in [3.63, 3.8) is 0 Å². The van der Waals surface area contributed by atoms with Crippen LogP contribution in [0.25, 0.3) is 0 Å². The van der Waals surface area contributed by atoms with Crippen LogP contribution >= 0.6 is 0 Å². The van der Waals surface area contributed by atoms with Crippen molar-refractivity contribution in [1.29, 1.82) is 0 Å². The minimum Gasteiger partial charge on any atom is -0.478 e. The molecule has 1 aromatic rings. The fraction of sp³-hybridized carbons (Fsp3) is 0.222. The molecule has 0 aromatic carbocycles. The molecule has 0 spiro atoms. The average Bonchev–Trinajstić information content (AvgIpc) is 2.28. The van der Waals surface area contributed by atoms with Crippen LogP contribution in [0.2, 0.25) is 0 Å². The molecule has 98 valence electrons. The van der Waals surface area contributed by atoms with Crippen LogP contribution in [0.4, 0.5) is 23.2 Å². The predicted octanol–water partition coefficient (Wildman–Crippen LogP) is 1.62. The van der Waals surface area contributed by atoms with Gasteiger partial charge in [-0.05, 0) is 6.07 Å². The zero-order valence-corrected chi connectivity index (χ0v) is 8.53. The standard InChI is InChI=1S/C9H6F4N2O3/c10-7(11)9(12,13)8(18)15-5-1-4(6(16)17)2-14-3-5/h1-3,7H,(H,15,18)(H,16,17). The Bertz CT molecular complexity index is 479. The molecule has 0 fully saturated rings. The van der Waals surface area contributed by atoms with Gasteiger partial charge in [-0.15, -0.1) is 0 Å². The fourth-order valence-corrected chi connectivity index (χ4v) is 0.939. The minimum absolute atomic E-state index is 0.381. The molecule has 9 heteroatoms. The summed E-state index contributed by atoms with van der Waals surface area (Å²) in [4.78, 5) is 24.7. The van der Waals surface area contributed by atoms with Crippen LogP contribution in [-0.4, -0.2) is 34.3 Å². The second-order valence-corrected chi connectivity index (χ2v) is 3.15. The molecular formula is C9H6F4N2O3. The molecule has 1 rings (SSSR count). The van der Waals surface area contributed by atoms with Crippen LogP contribution in [0.1, 0.15) is 10.4 Å². The Hall–Kier alpha value is -2.19. The molecule has 0 bridgehead atoms. The molecule has 18 heavy (non-hydrogen) atoms. The lowest BCUT2D eigenvalue weighted by Gasteiger charge is -2.14. The zero-order valence-electron chi connectivity index (χ0n) is 8.53. The van der Waals surface area contributed by atoms with Crippen molar-refractivity contribution in [2.24, 2.45) is 0 Å². The number of hydrogen-bond acceptors (Lipinski definition) is 3. The summed E-state index contributed by atoms with van der Waals surface area (Å²) in [7, 11) is 0. The van der Waals surface area contributed by atoms with Gasteiger partial charge in [0.05, 0.1) is 17.4 Å². The van der Waals surface area contributed by atoms with Gasteiger partial charge in [-0.25, -0.2) is 13.6 Å². The first-order valence-corrected chi connectivity index (χ1v) is 4.41. The van der Waals surface area contributed by atoms with Gasteiger partial charge in [0.2, 0.25) is 0 Å². The first kappa shape index (κ1) is 13.9. The van der Waals surface area contributed by atoms with E-state index in [1.54, 1.807) is 0 Å². The van der Waals surface area contributed by atoms with Gasteiger partial charge in [0, 0.05) is 6.20 Å². The highest BCUT2D eigenvalue weighted by Gasteiger charge is 2.48. The number of nitrogens with one attached hydrogen (secondary N) is 1. The van der Waals surface area contributed by atoms with E-state index in [1.807, 2.05) is 0 Å². The third-order valence-electron chi connectivity index (χ3n) is 1.82. The highest BCUT2D eigenvalue weighted by molar-refractivity contribution is 5.97. The number of carboxylic acids is 1. The monoisotopic (exact) mass is 266 g/mol. The molecule has 0 aliphatic carbocycles. The van der Waals surface area contributed by atoms with Crippen molar-refractivity contribution in [3.8, 4) is 0 Å². The van der Waals surface area contributed by atoms with Gasteiger partial charge in [-0.3, -0.25) is 9.78 Å². The Kier molecular flexibility index (Phi) is 3.84. The summed E-state index contributed by atoms with van der Waals surface area (Å²) >= 11 is 0. The maximum atomic E-state index is 12.6. The number of amides is 1. The first-order chi connectivity index (χ1) is 8.25. The second-order valence-electron chi connectivity index (χ2n) is 3.15. The summed E-state index contributed by atoms with van der Waals surface area (Å²) in [5.41, 5.74) is -0.798. The summed E-state index contributed by atoms with van der Waals surface area (Å²) in [6.07, 6.45) is -2.40. The number of carbonyl (C=O) groups excluding carboxylic acids is 1. The van der Waals surface area contributed by atoms with E-state index in [2.05, 4.69) is 4.98 Å². The summed E-state index contributed by atoms with van der Waals surface area (Å²) < 4.78 is 48.9. The van der Waals surface area contributed by atoms with Crippen molar-refractivity contribution in [1.82, 2.24) is 4.98 Å². The highest BCUT2D eigenvalue weighted by Crippen LogP contribution is 2.24. The SMILES string of the molecule is O=C(O)c1cncc(NC(=O)C(F)(F)C(F)F)c1. The highest BCUT2D eigenvalue weighted by atomic mass is 19.3. The molecule has 1 aromatic heterocycles. The van der Waals surface area contributed by atoms with Crippen LogP contribution in [0.15, 0.2) is 18.5 Å². The van der Waals surface area contributed by atoms with Gasteiger partial charge in [0.1, 0.15) is 0 Å². The smallest absolute Gasteiger partial charge is 0.383 e. The maximum absolute atomic E-state index is 12.6. The Balaban J connectivity index is 2.89. The van der Waals surface area contributed by atoms with Crippen LogP contribution in [0.3, 0.4) is 0 Å². The third kappa shape index (κ3) is 2.93. The molecular weight excluding hydrogens is 260 g/mol. The lowest BCUT2D eigenvalue weighted by Crippen LogP contribution is -2.41. The molecule has 0 atom stereocenters. The maximum Gasteiger partial charge on any atom is 0.383 e. The topological polar surface area (TPSA) is 79.3 Å². The van der Waals surface area contributed by atoms with Gasteiger partial charge in [0.15, 0.2) is 0 Å². The molecule has 0 unspecified atom stereocenters. The first-order valence-electron chi connectivity index (χ1n) is 4.41. The van der Waals surface area contributed by atoms with E-state index in [4.69, 9.17) is 5.11 Å². The third-order valence-corrected chi connectivity index (χ3v) is 1.82. The number of anilines is 1. The Labute approximate surface area is 97.4 Å². The van der Waals surface area contributed by atoms with Crippen LogP contribution in [0, 0.1) is 0 Å². The number of nitrogens with zero attached hydrogens (tertiary/aromatic N) is 1. The van der Waals surface area contributed by atoms with Crippen molar-refractivity contribution in [2.45, 2.75) is 12.3 Å². The Morgan fingerprint density at radius 1 is 1.33 bits per heavy atom. The van der Waals surface area contributed by atoms with E-state index < -0.39 is 29.9 Å². The van der Waals surface area contributed by atoms with Crippen molar-refractivity contribution in [2.75, 3.05) is 5.32 Å². The number of aromatic nitrogens is 1. The van der Waals surface area contributed by atoms with E-state index in [1.165, 1.54) is 5.32 Å². The second kappa shape index (κ2) is 4.98. The molecule has 0 saturated heterocycles. The molecule has 1 amide bonds. The zero-order chi connectivity index (χ0) is 13.9. The molecule has 1 heterocycles. The molecule has 2 N–H and O–H groups in total. The number of carboxylic acid groups (broad SMARTS) is 1. The summed E-state index contributed by atoms with van der Waals surface area (Å²) in [6, 6.07) is 0.814. The van der Waals surface area contributed by atoms with Gasteiger partial charge >= 0.3 is 24.2 Å². The number of aromatic carboxylic acids is 1. The van der Waals surface area contributed by atoms with Crippen molar-refractivity contribution >= 4 is 17.6 Å². The number of halogens is 4. The molecule has 0 aliphatic heterocycles. The Morgan fingerprint density at radius 3 is 2.44 bits per heavy atom. The normalized spacial score (nSPS) is 11.4. The van der Waals surface area contributed by atoms with E-state index in [-0.39, 0.29) is 5.56 Å². The average molecular weight is 266 g/mol. The lowest BCUT2D eigenvalue weighted by atomic mass is 10.2. The summed E-state index contributed by atoms with van der Waals surface area (Å²) in [5, 5.41) is 10.0. The van der Waals surface area contributed by atoms with E-state index in [0.717, 1.165) is 18.5 Å². The minimum atomic E-state index is -4.86. The lowest BCUT2D eigenvalue weighted by molar-refractivity contribution is -0.163. The van der Waals surface area contributed by atoms with Gasteiger partial charge in [-0.1, -0.05) is 0 Å².